The van der Waals surface area contributed by atoms with Gasteiger partial charge in [0.1, 0.15) is 11.6 Å². The highest BCUT2D eigenvalue weighted by Crippen LogP contribution is 2.36. The van der Waals surface area contributed by atoms with Crippen molar-refractivity contribution >= 4 is 116 Å². The van der Waals surface area contributed by atoms with Gasteiger partial charge in [-0.1, -0.05) is 170 Å². The predicted octanol–water partition coefficient (Wildman–Crippen LogP) is 16.3. The summed E-state index contributed by atoms with van der Waals surface area (Å²) in [6, 6.07) is 92.2. The number of nitrogens with zero attached hydrogens (tertiary/aromatic N) is 6. The Hall–Kier alpha value is -9.84. The molecule has 80 heavy (non-hydrogen) atoms. The van der Waals surface area contributed by atoms with E-state index in [1.807, 2.05) is 60.9 Å². The minimum absolute atomic E-state index is 0.490. The van der Waals surface area contributed by atoms with Gasteiger partial charge in [0.15, 0.2) is 0 Å². The number of fused-ring (bicyclic) bond motifs is 12. The third-order valence-electron chi connectivity index (χ3n) is 15.1. The lowest BCUT2D eigenvalue weighted by Crippen LogP contribution is -2.29. The summed E-state index contributed by atoms with van der Waals surface area (Å²) in [5.41, 5.74) is 14.3. The van der Waals surface area contributed by atoms with Crippen LogP contribution in [0.1, 0.15) is 0 Å². The van der Waals surface area contributed by atoms with E-state index < -0.39 is 7.12 Å². The molecule has 0 saturated heterocycles. The largest absolute Gasteiger partial charge is 0.488 e. The molecule has 0 spiro atoms. The number of para-hydroxylation sites is 8. The molecule has 0 aliphatic heterocycles. The number of hydrogen-bond acceptors (Lipinski definition) is 4. The second kappa shape index (κ2) is 20.5. The molecule has 16 aromatic rings. The lowest BCUT2D eigenvalue weighted by Gasteiger charge is -2.10. The first-order valence-electron chi connectivity index (χ1n) is 26.6. The molecule has 380 valence electrons. The second-order valence-electron chi connectivity index (χ2n) is 19.7. The van der Waals surface area contributed by atoms with Gasteiger partial charge in [-0.25, -0.2) is 9.97 Å². The van der Waals surface area contributed by atoms with Crippen LogP contribution < -0.4 is 5.46 Å². The SMILES string of the molecule is Brc1ccc(-n2c3ccccc3c3ccccc32)nc1.OB(O)c1ccc(-n2c3ccccc3c3ccccc32)cc1.c1ccc2c(c1)c1ccccc1n2-c1ccc(-c2ccc(-n3c4ccccc4c4ccccc43)nc2)cc1. The van der Waals surface area contributed by atoms with Crippen molar-refractivity contribution in [2.75, 3.05) is 0 Å². The van der Waals surface area contributed by atoms with Gasteiger partial charge in [-0.3, -0.25) is 9.13 Å². The highest BCUT2D eigenvalue weighted by atomic mass is 79.9. The van der Waals surface area contributed by atoms with E-state index in [0.717, 1.165) is 49.6 Å². The Balaban J connectivity index is 0.000000117. The van der Waals surface area contributed by atoms with Crippen LogP contribution in [-0.4, -0.2) is 45.4 Å². The van der Waals surface area contributed by atoms with Gasteiger partial charge in [-0.2, -0.15) is 0 Å². The number of halogens is 1. The average molecular weight is 1100 g/mol. The van der Waals surface area contributed by atoms with Crippen LogP contribution in [0.3, 0.4) is 0 Å². The summed E-state index contributed by atoms with van der Waals surface area (Å²) in [4.78, 5) is 9.45. The average Bonchev–Trinajstić information content (AvgIpc) is 4.30. The third-order valence-corrected chi connectivity index (χ3v) is 15.6. The minimum Gasteiger partial charge on any atom is -0.423 e. The molecule has 0 aliphatic rings. The zero-order valence-electron chi connectivity index (χ0n) is 43.1. The number of hydrogen-bond donors (Lipinski definition) is 2. The van der Waals surface area contributed by atoms with Crippen LogP contribution in [0, 0.1) is 0 Å². The molecule has 0 saturated carbocycles. The zero-order valence-corrected chi connectivity index (χ0v) is 44.7. The molecule has 0 amide bonds. The second-order valence-corrected chi connectivity index (χ2v) is 20.6. The van der Waals surface area contributed by atoms with Gasteiger partial charge >= 0.3 is 7.12 Å². The van der Waals surface area contributed by atoms with Crippen molar-refractivity contribution in [3.8, 4) is 34.1 Å². The van der Waals surface area contributed by atoms with Crippen LogP contribution in [0.2, 0.25) is 0 Å². The van der Waals surface area contributed by atoms with E-state index in [-0.39, 0.29) is 0 Å². The van der Waals surface area contributed by atoms with Gasteiger partial charge in [0, 0.05) is 76.9 Å². The van der Waals surface area contributed by atoms with Crippen LogP contribution in [0.5, 0.6) is 0 Å². The molecule has 0 bridgehead atoms. The van der Waals surface area contributed by atoms with E-state index in [2.05, 4.69) is 245 Å². The molecule has 2 N–H and O–H groups in total. The number of pyridine rings is 2. The Morgan fingerprint density at radius 2 is 0.550 bits per heavy atom. The van der Waals surface area contributed by atoms with Crippen LogP contribution in [0.25, 0.3) is 121 Å². The maximum Gasteiger partial charge on any atom is 0.488 e. The van der Waals surface area contributed by atoms with Crippen molar-refractivity contribution < 1.29 is 10.0 Å². The summed E-state index contributed by atoms with van der Waals surface area (Å²) in [6.07, 6.45) is 3.81. The van der Waals surface area contributed by atoms with Crippen molar-refractivity contribution in [3.05, 3.63) is 284 Å². The van der Waals surface area contributed by atoms with Gasteiger partial charge < -0.3 is 19.2 Å². The molecular weight excluding hydrogens is 1050 g/mol. The quantitative estimate of drug-likeness (QED) is 0.162. The van der Waals surface area contributed by atoms with E-state index in [0.29, 0.717) is 5.46 Å². The summed E-state index contributed by atoms with van der Waals surface area (Å²) in [5.74, 6) is 1.86. The summed E-state index contributed by atoms with van der Waals surface area (Å²) in [5, 5.41) is 28.5. The maximum atomic E-state index is 9.24. The molecule has 16 rings (SSSR count). The monoisotopic (exact) mass is 1090 g/mol. The van der Waals surface area contributed by atoms with Crippen LogP contribution in [0.4, 0.5) is 0 Å². The lowest BCUT2D eigenvalue weighted by atomic mass is 9.80. The molecule has 0 radical (unpaired) electrons. The first-order valence-corrected chi connectivity index (χ1v) is 27.3. The van der Waals surface area contributed by atoms with E-state index >= 15 is 0 Å². The van der Waals surface area contributed by atoms with E-state index in [1.165, 1.54) is 76.2 Å². The molecule has 6 heterocycles. The Labute approximate surface area is 469 Å². The van der Waals surface area contributed by atoms with Crippen molar-refractivity contribution in [2.45, 2.75) is 0 Å². The van der Waals surface area contributed by atoms with Gasteiger partial charge in [0.25, 0.3) is 0 Å². The molecule has 10 heteroatoms. The predicted molar refractivity (Wildman–Crippen MR) is 335 cm³/mol. The molecule has 0 unspecified atom stereocenters. The molecule has 10 aromatic carbocycles. The minimum atomic E-state index is -1.44. The number of benzene rings is 10. The zero-order chi connectivity index (χ0) is 53.7. The normalized spacial score (nSPS) is 11.4. The van der Waals surface area contributed by atoms with E-state index in [4.69, 9.17) is 4.98 Å². The fraction of sp³-hybridized carbons (Fsp3) is 0. The topological polar surface area (TPSA) is 86.0 Å². The van der Waals surface area contributed by atoms with E-state index in [1.54, 1.807) is 12.1 Å². The van der Waals surface area contributed by atoms with Crippen molar-refractivity contribution in [1.82, 2.24) is 28.2 Å². The van der Waals surface area contributed by atoms with Gasteiger partial charge in [0.2, 0.25) is 0 Å². The summed E-state index contributed by atoms with van der Waals surface area (Å²) < 4.78 is 9.98. The molecule has 0 atom stereocenters. The van der Waals surface area contributed by atoms with E-state index in [9.17, 15) is 10.0 Å². The number of rotatable bonds is 6. The Morgan fingerprint density at radius 1 is 0.275 bits per heavy atom. The van der Waals surface area contributed by atoms with Gasteiger partial charge in [-0.05, 0) is 124 Å². The molecule has 8 nitrogen and oxygen atoms in total. The van der Waals surface area contributed by atoms with Gasteiger partial charge in [-0.15, -0.1) is 0 Å². The lowest BCUT2D eigenvalue weighted by molar-refractivity contribution is 0.426. The molecule has 0 aliphatic carbocycles. The molecule has 0 fully saturated rings. The first kappa shape index (κ1) is 48.5. The van der Waals surface area contributed by atoms with Crippen LogP contribution in [-0.2, 0) is 0 Å². The Kier molecular flexibility index (Phi) is 12.4. The first-order chi connectivity index (χ1) is 39.5. The number of aromatic nitrogens is 6. The van der Waals surface area contributed by atoms with Gasteiger partial charge in [0.05, 0.1) is 44.1 Å². The van der Waals surface area contributed by atoms with Crippen molar-refractivity contribution in [3.63, 3.8) is 0 Å². The fourth-order valence-corrected chi connectivity index (χ4v) is 11.8. The van der Waals surface area contributed by atoms with Crippen molar-refractivity contribution in [1.29, 1.82) is 0 Å². The summed E-state index contributed by atoms with van der Waals surface area (Å²) in [7, 11) is -1.44. The Morgan fingerprint density at radius 3 is 0.838 bits per heavy atom. The highest BCUT2D eigenvalue weighted by Gasteiger charge is 2.17. The van der Waals surface area contributed by atoms with Crippen molar-refractivity contribution in [2.24, 2.45) is 0 Å². The smallest absolute Gasteiger partial charge is 0.423 e. The highest BCUT2D eigenvalue weighted by molar-refractivity contribution is 9.10. The molecular formula is C70H48BBrN6O2. The summed E-state index contributed by atoms with van der Waals surface area (Å²) in [6.45, 7) is 0. The van der Waals surface area contributed by atoms with Crippen LogP contribution >= 0.6 is 15.9 Å². The standard InChI is InChI=1S/C35H23N3.C18H14BNO2.C17H11BrN2/c1-5-13-31-27(9-1)28-10-2-6-14-32(28)37(31)26-20-17-24(18-21-26)25-19-22-35(36-23-25)38-33-15-7-3-11-29(33)30-12-4-8-16-34(30)38;21-19(22)13-9-11-14(12-10-13)20-17-7-3-1-5-15(17)16-6-2-4-8-18(16)20;18-12-9-10-17(19-11-12)20-15-7-3-1-5-13(15)14-6-2-4-8-16(14)20/h1-23H;1-12,21-22H;1-11H. The maximum absolute atomic E-state index is 9.24. The summed E-state index contributed by atoms with van der Waals surface area (Å²) >= 11 is 3.44. The van der Waals surface area contributed by atoms with Crippen LogP contribution in [0.15, 0.2) is 284 Å². The fourth-order valence-electron chi connectivity index (χ4n) is 11.5. The molecule has 6 aromatic heterocycles. The third kappa shape index (κ3) is 8.50. The Bertz CT molecular complexity index is 4560.